The van der Waals surface area contributed by atoms with Gasteiger partial charge in [-0.15, -0.1) is 0 Å². The van der Waals surface area contributed by atoms with Crippen molar-refractivity contribution in [2.45, 2.75) is 19.1 Å². The molecule has 0 amide bonds. The van der Waals surface area contributed by atoms with Gasteiger partial charge in [0.15, 0.2) is 0 Å². The number of hydrogen-bond acceptors (Lipinski definition) is 4. The van der Waals surface area contributed by atoms with Gasteiger partial charge in [-0.2, -0.15) is 0 Å². The molecule has 1 fully saturated rings. The maximum absolute atomic E-state index is 10.4. The van der Waals surface area contributed by atoms with Gasteiger partial charge in [0.2, 0.25) is 0 Å². The van der Waals surface area contributed by atoms with Crippen molar-refractivity contribution in [2.75, 3.05) is 6.61 Å². The van der Waals surface area contributed by atoms with Gasteiger partial charge in [-0.1, -0.05) is 0 Å². The predicted octanol–water partition coefficient (Wildman–Crippen LogP) is -0.599. The first-order valence-corrected chi connectivity index (χ1v) is 3.16. The maximum atomic E-state index is 10.4. The van der Waals surface area contributed by atoms with Crippen molar-refractivity contribution in [3.05, 3.63) is 0 Å². The largest absolute Gasteiger partial charge is 0.473 e. The Kier molecular flexibility index (Phi) is 2.09. The Balaban J connectivity index is 2.28. The number of ether oxygens (including phenoxy) is 2. The Morgan fingerprint density at radius 2 is 2.27 bits per heavy atom. The molecule has 1 heterocycles. The average molecular weight is 160 g/mol. The van der Waals surface area contributed by atoms with Crippen LogP contribution in [0.25, 0.3) is 0 Å². The van der Waals surface area contributed by atoms with E-state index >= 15 is 0 Å². The number of hydrogen-bond donors (Lipinski definition) is 1. The summed E-state index contributed by atoms with van der Waals surface area (Å²) in [6, 6.07) is 0. The molecular weight excluding hydrogens is 152 g/mol. The number of aliphatic carboxylic acids is 1. The minimum absolute atomic E-state index is 0.113. The van der Waals surface area contributed by atoms with Crippen LogP contribution in [0.1, 0.15) is 6.92 Å². The normalized spacial score (nSPS) is 23.9. The lowest BCUT2D eigenvalue weighted by atomic mass is 10.3. The first-order valence-electron chi connectivity index (χ1n) is 3.16. The van der Waals surface area contributed by atoms with Crippen LogP contribution in [0.2, 0.25) is 0 Å². The highest BCUT2D eigenvalue weighted by Crippen LogP contribution is 2.16. The van der Waals surface area contributed by atoms with Gasteiger partial charge in [0.1, 0.15) is 12.2 Å². The molecule has 1 aliphatic heterocycles. The summed E-state index contributed by atoms with van der Waals surface area (Å²) in [6.07, 6.45) is -0.572. The van der Waals surface area contributed by atoms with Crippen molar-refractivity contribution in [1.82, 2.24) is 0 Å². The van der Waals surface area contributed by atoms with E-state index in [1.807, 2.05) is 0 Å². The Morgan fingerprint density at radius 3 is 2.64 bits per heavy atom. The van der Waals surface area contributed by atoms with Gasteiger partial charge in [-0.25, -0.2) is 9.59 Å². The van der Waals surface area contributed by atoms with Gasteiger partial charge in [-0.3, -0.25) is 0 Å². The van der Waals surface area contributed by atoms with Crippen molar-refractivity contribution in [3.63, 3.8) is 0 Å². The second-order valence-corrected chi connectivity index (χ2v) is 2.29. The molecule has 1 saturated heterocycles. The van der Waals surface area contributed by atoms with E-state index in [1.165, 1.54) is 0 Å². The van der Waals surface area contributed by atoms with Crippen molar-refractivity contribution in [3.8, 4) is 0 Å². The molecule has 0 bridgehead atoms. The topological polar surface area (TPSA) is 76.1 Å². The monoisotopic (exact) mass is 160 g/mol. The van der Waals surface area contributed by atoms with Gasteiger partial charge < -0.3 is 14.6 Å². The Hall–Kier alpha value is -1.10. The fourth-order valence-electron chi connectivity index (χ4n) is 0.622. The van der Waals surface area contributed by atoms with Crippen LogP contribution in [0.15, 0.2) is 0 Å². The second-order valence-electron chi connectivity index (χ2n) is 2.29. The zero-order valence-corrected chi connectivity index (χ0v) is 5.94. The Labute approximate surface area is 62.9 Å². The SMILES string of the molecule is CC(OC(=O)C(=O)O)C1CO1. The van der Waals surface area contributed by atoms with Crippen molar-refractivity contribution in [2.24, 2.45) is 0 Å². The van der Waals surface area contributed by atoms with E-state index in [2.05, 4.69) is 4.74 Å². The third-order valence-corrected chi connectivity index (χ3v) is 1.35. The molecule has 11 heavy (non-hydrogen) atoms. The van der Waals surface area contributed by atoms with Crippen molar-refractivity contribution >= 4 is 11.9 Å². The summed E-state index contributed by atoms with van der Waals surface area (Å²) < 4.78 is 9.25. The molecule has 1 rings (SSSR count). The number of rotatable bonds is 2. The fraction of sp³-hybridized carbons (Fsp3) is 0.667. The van der Waals surface area contributed by atoms with Crippen molar-refractivity contribution in [1.29, 1.82) is 0 Å². The highest BCUT2D eigenvalue weighted by atomic mass is 16.6. The molecule has 0 radical (unpaired) electrons. The number of carbonyl (C=O) groups is 2. The molecule has 0 saturated carbocycles. The van der Waals surface area contributed by atoms with E-state index in [1.54, 1.807) is 6.92 Å². The summed E-state index contributed by atoms with van der Waals surface area (Å²) in [7, 11) is 0. The highest BCUT2D eigenvalue weighted by molar-refractivity contribution is 6.28. The molecule has 0 aliphatic carbocycles. The minimum Gasteiger partial charge on any atom is -0.473 e. The fourth-order valence-corrected chi connectivity index (χ4v) is 0.622. The van der Waals surface area contributed by atoms with Gasteiger partial charge in [0.25, 0.3) is 0 Å². The molecule has 0 spiro atoms. The number of carbonyl (C=O) groups excluding carboxylic acids is 1. The standard InChI is InChI=1S/C6H8O5/c1-3(4-2-10-4)11-6(9)5(7)8/h3-4H,2H2,1H3,(H,7,8). The van der Waals surface area contributed by atoms with Crippen LogP contribution < -0.4 is 0 Å². The molecule has 1 aliphatic rings. The zero-order chi connectivity index (χ0) is 8.43. The molecule has 1 N–H and O–H groups in total. The molecule has 2 atom stereocenters. The molecule has 62 valence electrons. The van der Waals surface area contributed by atoms with E-state index in [4.69, 9.17) is 9.84 Å². The van der Waals surface area contributed by atoms with Crippen molar-refractivity contribution < 1.29 is 24.2 Å². The smallest absolute Gasteiger partial charge is 0.417 e. The molecule has 5 nitrogen and oxygen atoms in total. The Bertz CT molecular complexity index is 183. The van der Waals surface area contributed by atoms with Crippen LogP contribution in [0.5, 0.6) is 0 Å². The van der Waals surface area contributed by atoms with Crippen LogP contribution in [0.3, 0.4) is 0 Å². The number of epoxide rings is 1. The first kappa shape index (κ1) is 8.00. The van der Waals surface area contributed by atoms with E-state index in [-0.39, 0.29) is 6.10 Å². The molecular formula is C6H8O5. The van der Waals surface area contributed by atoms with Crippen LogP contribution >= 0.6 is 0 Å². The average Bonchev–Trinajstić information content (AvgIpc) is 2.67. The number of carboxylic acid groups (broad SMARTS) is 1. The molecule has 0 aromatic rings. The lowest BCUT2D eigenvalue weighted by Gasteiger charge is -2.06. The third-order valence-electron chi connectivity index (χ3n) is 1.35. The maximum Gasteiger partial charge on any atom is 0.417 e. The first-order chi connectivity index (χ1) is 5.11. The molecule has 0 aromatic carbocycles. The molecule has 2 unspecified atom stereocenters. The Morgan fingerprint density at radius 1 is 1.73 bits per heavy atom. The van der Waals surface area contributed by atoms with Gasteiger partial charge >= 0.3 is 11.9 Å². The summed E-state index contributed by atoms with van der Waals surface area (Å²) in [5.41, 5.74) is 0. The van der Waals surface area contributed by atoms with E-state index < -0.39 is 18.0 Å². The highest BCUT2D eigenvalue weighted by Gasteiger charge is 2.33. The minimum atomic E-state index is -1.57. The van der Waals surface area contributed by atoms with Gasteiger partial charge in [0.05, 0.1) is 6.61 Å². The summed E-state index contributed by atoms with van der Waals surface area (Å²) in [4.78, 5) is 20.4. The van der Waals surface area contributed by atoms with Crippen LogP contribution in [0, 0.1) is 0 Å². The molecule has 5 heteroatoms. The number of carboxylic acids is 1. The summed E-state index contributed by atoms with van der Waals surface area (Å²) >= 11 is 0. The van der Waals surface area contributed by atoms with E-state index in [0.29, 0.717) is 6.61 Å². The van der Waals surface area contributed by atoms with E-state index in [0.717, 1.165) is 0 Å². The quantitative estimate of drug-likeness (QED) is 0.331. The zero-order valence-electron chi connectivity index (χ0n) is 5.94. The van der Waals surface area contributed by atoms with E-state index in [9.17, 15) is 9.59 Å². The molecule has 0 aromatic heterocycles. The van der Waals surface area contributed by atoms with Gasteiger partial charge in [-0.05, 0) is 6.92 Å². The van der Waals surface area contributed by atoms with Gasteiger partial charge in [0, 0.05) is 0 Å². The number of esters is 1. The summed E-state index contributed by atoms with van der Waals surface area (Å²) in [5.74, 6) is -2.80. The lowest BCUT2D eigenvalue weighted by Crippen LogP contribution is -2.25. The third kappa shape index (κ3) is 2.19. The van der Waals surface area contributed by atoms with Crippen LogP contribution in [0.4, 0.5) is 0 Å². The van der Waals surface area contributed by atoms with Crippen LogP contribution in [-0.2, 0) is 19.1 Å². The summed E-state index contributed by atoms with van der Waals surface area (Å²) in [5, 5.41) is 8.12. The predicted molar refractivity (Wildman–Crippen MR) is 32.9 cm³/mol. The summed E-state index contributed by atoms with van der Waals surface area (Å²) in [6.45, 7) is 2.13. The lowest BCUT2D eigenvalue weighted by molar-refractivity contribution is -0.167. The second kappa shape index (κ2) is 2.87. The van der Waals surface area contributed by atoms with Crippen LogP contribution in [-0.4, -0.2) is 35.9 Å².